The van der Waals surface area contributed by atoms with Crippen LogP contribution in [-0.4, -0.2) is 38.0 Å². The Kier molecular flexibility index (Phi) is 6.51. The first kappa shape index (κ1) is 17.7. The highest BCUT2D eigenvalue weighted by molar-refractivity contribution is 7.12. The summed E-state index contributed by atoms with van der Waals surface area (Å²) in [6.45, 7) is 0.931. The molecular weight excluding hydrogens is 328 g/mol. The lowest BCUT2D eigenvalue weighted by molar-refractivity contribution is 0.0600. The molecule has 2 aromatic rings. The summed E-state index contributed by atoms with van der Waals surface area (Å²) in [6, 6.07) is 9.81. The molecule has 0 saturated carbocycles. The fourth-order valence-corrected chi connectivity index (χ4v) is 2.60. The highest BCUT2D eigenvalue weighted by Gasteiger charge is 2.09. The standard InChI is InChI=1S/C17H18N2O4S/c1-23-17(22)13-7-5-12(6-8-13)15(20)18-9-3-10-19-16(21)14-4-2-11-24-14/h2,4-8,11H,3,9-10H2,1H3,(H,18,20)(H,19,21). The third kappa shape index (κ3) is 4.92. The minimum atomic E-state index is -0.441. The number of benzene rings is 1. The second kappa shape index (κ2) is 8.83. The van der Waals surface area contributed by atoms with Crippen molar-refractivity contribution in [2.24, 2.45) is 0 Å². The van der Waals surface area contributed by atoms with Crippen LogP contribution < -0.4 is 10.6 Å². The highest BCUT2D eigenvalue weighted by atomic mass is 32.1. The van der Waals surface area contributed by atoms with Gasteiger partial charge in [-0.15, -0.1) is 11.3 Å². The SMILES string of the molecule is COC(=O)c1ccc(C(=O)NCCCNC(=O)c2cccs2)cc1. The van der Waals surface area contributed by atoms with Gasteiger partial charge in [0.1, 0.15) is 0 Å². The highest BCUT2D eigenvalue weighted by Crippen LogP contribution is 2.07. The molecule has 0 spiro atoms. The van der Waals surface area contributed by atoms with Gasteiger partial charge in [0.25, 0.3) is 11.8 Å². The van der Waals surface area contributed by atoms with Gasteiger partial charge in [-0.05, 0) is 42.1 Å². The van der Waals surface area contributed by atoms with Crippen molar-refractivity contribution in [1.29, 1.82) is 0 Å². The summed E-state index contributed by atoms with van der Waals surface area (Å²) in [5.74, 6) is -0.769. The Morgan fingerprint density at radius 1 is 0.958 bits per heavy atom. The molecule has 0 aliphatic heterocycles. The zero-order valence-electron chi connectivity index (χ0n) is 13.2. The Morgan fingerprint density at radius 2 is 1.58 bits per heavy atom. The number of hydrogen-bond acceptors (Lipinski definition) is 5. The van der Waals surface area contributed by atoms with E-state index in [9.17, 15) is 14.4 Å². The molecule has 0 bridgehead atoms. The molecule has 2 rings (SSSR count). The van der Waals surface area contributed by atoms with Gasteiger partial charge >= 0.3 is 5.97 Å². The summed E-state index contributed by atoms with van der Waals surface area (Å²) in [5, 5.41) is 7.41. The Labute approximate surface area is 143 Å². The minimum absolute atomic E-state index is 0.102. The molecule has 0 saturated heterocycles. The molecule has 2 N–H and O–H groups in total. The van der Waals surface area contributed by atoms with Crippen LogP contribution in [0.1, 0.15) is 36.8 Å². The van der Waals surface area contributed by atoms with Gasteiger partial charge in [-0.25, -0.2) is 4.79 Å². The van der Waals surface area contributed by atoms with E-state index in [2.05, 4.69) is 15.4 Å². The molecule has 2 amide bonds. The molecule has 0 radical (unpaired) electrons. The molecule has 7 heteroatoms. The van der Waals surface area contributed by atoms with Crippen LogP contribution in [0.15, 0.2) is 41.8 Å². The van der Waals surface area contributed by atoms with Crippen molar-refractivity contribution in [2.75, 3.05) is 20.2 Å². The van der Waals surface area contributed by atoms with Crippen LogP contribution in [0, 0.1) is 0 Å². The van der Waals surface area contributed by atoms with Gasteiger partial charge in [0.05, 0.1) is 17.6 Å². The van der Waals surface area contributed by atoms with E-state index in [0.717, 1.165) is 0 Å². The maximum atomic E-state index is 12.0. The third-order valence-corrected chi connectivity index (χ3v) is 4.11. The zero-order chi connectivity index (χ0) is 17.4. The molecule has 0 unspecified atom stereocenters. The average Bonchev–Trinajstić information content (AvgIpc) is 3.15. The molecule has 0 aliphatic carbocycles. The summed E-state index contributed by atoms with van der Waals surface area (Å²) in [4.78, 5) is 35.7. The Morgan fingerprint density at radius 3 is 2.17 bits per heavy atom. The summed E-state index contributed by atoms with van der Waals surface area (Å²) in [5.41, 5.74) is 0.857. The van der Waals surface area contributed by atoms with Crippen molar-refractivity contribution in [3.8, 4) is 0 Å². The number of carbonyl (C=O) groups excluding carboxylic acids is 3. The first-order valence-corrected chi connectivity index (χ1v) is 8.28. The van der Waals surface area contributed by atoms with E-state index >= 15 is 0 Å². The van der Waals surface area contributed by atoms with E-state index < -0.39 is 5.97 Å². The number of hydrogen-bond donors (Lipinski definition) is 2. The van der Waals surface area contributed by atoms with Gasteiger partial charge < -0.3 is 15.4 Å². The van der Waals surface area contributed by atoms with Crippen LogP contribution in [0.25, 0.3) is 0 Å². The van der Waals surface area contributed by atoms with Crippen molar-refractivity contribution in [1.82, 2.24) is 10.6 Å². The number of nitrogens with one attached hydrogen (secondary N) is 2. The number of esters is 1. The predicted molar refractivity (Wildman–Crippen MR) is 91.4 cm³/mol. The van der Waals surface area contributed by atoms with Crippen molar-refractivity contribution < 1.29 is 19.1 Å². The molecule has 126 valence electrons. The normalized spacial score (nSPS) is 10.0. The van der Waals surface area contributed by atoms with Gasteiger partial charge in [-0.1, -0.05) is 6.07 Å². The van der Waals surface area contributed by atoms with Gasteiger partial charge in [-0.3, -0.25) is 9.59 Å². The molecule has 1 aromatic carbocycles. The van der Waals surface area contributed by atoms with E-state index in [-0.39, 0.29) is 11.8 Å². The van der Waals surface area contributed by atoms with Crippen LogP contribution in [-0.2, 0) is 4.74 Å². The third-order valence-electron chi connectivity index (χ3n) is 3.24. The van der Waals surface area contributed by atoms with Gasteiger partial charge in [0.2, 0.25) is 0 Å². The topological polar surface area (TPSA) is 84.5 Å². The monoisotopic (exact) mass is 346 g/mol. The second-order valence-corrected chi connectivity index (χ2v) is 5.86. The number of carbonyl (C=O) groups is 3. The quantitative estimate of drug-likeness (QED) is 0.594. The summed E-state index contributed by atoms with van der Waals surface area (Å²) >= 11 is 1.39. The fourth-order valence-electron chi connectivity index (χ4n) is 1.96. The molecule has 6 nitrogen and oxygen atoms in total. The first-order valence-electron chi connectivity index (χ1n) is 7.40. The molecular formula is C17H18N2O4S. The van der Waals surface area contributed by atoms with Crippen molar-refractivity contribution in [3.63, 3.8) is 0 Å². The maximum absolute atomic E-state index is 12.0. The molecule has 24 heavy (non-hydrogen) atoms. The molecule has 1 aromatic heterocycles. The van der Waals surface area contributed by atoms with Crippen LogP contribution >= 0.6 is 11.3 Å². The molecule has 0 fully saturated rings. The average molecular weight is 346 g/mol. The van der Waals surface area contributed by atoms with E-state index in [4.69, 9.17) is 0 Å². The smallest absolute Gasteiger partial charge is 0.337 e. The van der Waals surface area contributed by atoms with E-state index in [1.807, 2.05) is 11.4 Å². The first-order chi connectivity index (χ1) is 11.6. The Balaban J connectivity index is 1.69. The lowest BCUT2D eigenvalue weighted by Crippen LogP contribution is -2.29. The van der Waals surface area contributed by atoms with Crippen molar-refractivity contribution >= 4 is 29.1 Å². The Bertz CT molecular complexity index is 696. The van der Waals surface area contributed by atoms with Crippen LogP contribution in [0.2, 0.25) is 0 Å². The van der Waals surface area contributed by atoms with Gasteiger partial charge in [0, 0.05) is 18.7 Å². The van der Waals surface area contributed by atoms with Crippen LogP contribution in [0.4, 0.5) is 0 Å². The largest absolute Gasteiger partial charge is 0.465 e. The maximum Gasteiger partial charge on any atom is 0.337 e. The number of thiophene rings is 1. The summed E-state index contributed by atoms with van der Waals surface area (Å²) in [6.07, 6.45) is 0.628. The predicted octanol–water partition coefficient (Wildman–Crippen LogP) is 2.08. The minimum Gasteiger partial charge on any atom is -0.465 e. The molecule has 0 aliphatic rings. The fraction of sp³-hybridized carbons (Fsp3) is 0.235. The van der Waals surface area contributed by atoms with Crippen molar-refractivity contribution in [3.05, 3.63) is 57.8 Å². The van der Waals surface area contributed by atoms with Gasteiger partial charge in [-0.2, -0.15) is 0 Å². The lowest BCUT2D eigenvalue weighted by atomic mass is 10.1. The number of methoxy groups -OCH3 is 1. The molecule has 1 heterocycles. The number of ether oxygens (including phenoxy) is 1. The Hall–Kier alpha value is -2.67. The van der Waals surface area contributed by atoms with Crippen LogP contribution in [0.5, 0.6) is 0 Å². The zero-order valence-corrected chi connectivity index (χ0v) is 14.0. The van der Waals surface area contributed by atoms with Gasteiger partial charge in [0.15, 0.2) is 0 Å². The lowest BCUT2D eigenvalue weighted by Gasteiger charge is -2.07. The van der Waals surface area contributed by atoms with Crippen LogP contribution in [0.3, 0.4) is 0 Å². The number of rotatable bonds is 7. The molecule has 0 atom stereocenters. The van der Waals surface area contributed by atoms with E-state index in [1.165, 1.54) is 18.4 Å². The van der Waals surface area contributed by atoms with E-state index in [0.29, 0.717) is 35.5 Å². The number of amides is 2. The summed E-state index contributed by atoms with van der Waals surface area (Å²) in [7, 11) is 1.31. The summed E-state index contributed by atoms with van der Waals surface area (Å²) < 4.78 is 4.60. The van der Waals surface area contributed by atoms with Crippen molar-refractivity contribution in [2.45, 2.75) is 6.42 Å². The second-order valence-electron chi connectivity index (χ2n) is 4.91. The van der Waals surface area contributed by atoms with E-state index in [1.54, 1.807) is 30.3 Å².